The SMILES string of the molecule is C=C.N.N.O=C(O)CCC(=O)O.O=C(O)CCC(=O)O.[H-].[H-].[H-].[H-].[Na+].[Na+].[Na+].[Na+]. The minimum Gasteiger partial charge on any atom is -1.00 e. The quantitative estimate of drug-likeness (QED) is 0.184. The molecule has 0 fully saturated rings. The van der Waals surface area contributed by atoms with Gasteiger partial charge in [-0.05, 0) is 0 Å². The summed E-state index contributed by atoms with van der Waals surface area (Å²) in [5, 5.41) is 31.6. The summed E-state index contributed by atoms with van der Waals surface area (Å²) in [4.78, 5) is 38.6. The molecule has 14 heteroatoms. The van der Waals surface area contributed by atoms with Gasteiger partial charge in [0.2, 0.25) is 0 Å². The Morgan fingerprint density at radius 2 is 0.625 bits per heavy atom. The van der Waals surface area contributed by atoms with Crippen LogP contribution in [-0.4, -0.2) is 44.3 Å². The van der Waals surface area contributed by atoms with Crippen molar-refractivity contribution in [2.24, 2.45) is 0 Å². The van der Waals surface area contributed by atoms with Gasteiger partial charge in [0.05, 0.1) is 25.7 Å². The van der Waals surface area contributed by atoms with Gasteiger partial charge in [-0.25, -0.2) is 0 Å². The molecule has 0 aromatic carbocycles. The van der Waals surface area contributed by atoms with Gasteiger partial charge in [-0.2, -0.15) is 0 Å². The molecule has 10 nitrogen and oxygen atoms in total. The Hall–Kier alpha value is 1.54. The van der Waals surface area contributed by atoms with Crippen LogP contribution in [0.25, 0.3) is 0 Å². The van der Waals surface area contributed by atoms with E-state index in [1.165, 1.54) is 0 Å². The summed E-state index contributed by atoms with van der Waals surface area (Å²) in [7, 11) is 0. The second-order valence-electron chi connectivity index (χ2n) is 2.57. The smallest absolute Gasteiger partial charge is 1.00 e. The summed E-state index contributed by atoms with van der Waals surface area (Å²) >= 11 is 0. The minimum absolute atomic E-state index is 0. The van der Waals surface area contributed by atoms with E-state index in [4.69, 9.17) is 20.4 Å². The van der Waals surface area contributed by atoms with Crippen molar-refractivity contribution in [2.75, 3.05) is 0 Å². The van der Waals surface area contributed by atoms with Gasteiger partial charge in [0, 0.05) is 0 Å². The van der Waals surface area contributed by atoms with Gasteiger partial charge in [0.15, 0.2) is 0 Å². The minimum atomic E-state index is -1.08. The van der Waals surface area contributed by atoms with E-state index in [-0.39, 0.29) is 162 Å². The van der Waals surface area contributed by atoms with Crippen molar-refractivity contribution in [3.63, 3.8) is 0 Å². The normalized spacial score (nSPS) is 5.83. The summed E-state index contributed by atoms with van der Waals surface area (Å²) in [6.45, 7) is 6.00. The van der Waals surface area contributed by atoms with Crippen molar-refractivity contribution in [3.05, 3.63) is 13.2 Å². The topological polar surface area (TPSA) is 219 Å². The second-order valence-corrected chi connectivity index (χ2v) is 2.57. The fourth-order valence-electron chi connectivity index (χ4n) is 0.428. The van der Waals surface area contributed by atoms with Crippen molar-refractivity contribution >= 4 is 23.9 Å². The molecule has 0 saturated heterocycles. The van der Waals surface area contributed by atoms with Crippen molar-refractivity contribution < 1.29 is 164 Å². The Morgan fingerprint density at radius 3 is 0.667 bits per heavy atom. The van der Waals surface area contributed by atoms with E-state index in [0.29, 0.717) is 0 Å². The monoisotopic (exact) mass is 394 g/mol. The molecule has 0 aliphatic carbocycles. The zero-order chi connectivity index (χ0) is 15.1. The first-order chi connectivity index (χ1) is 8.25. The molecule has 0 heterocycles. The molecule has 24 heavy (non-hydrogen) atoms. The number of carbonyl (C=O) groups is 4. The fraction of sp³-hybridized carbons (Fsp3) is 0.400. The number of carboxylic acid groups (broad SMARTS) is 4. The van der Waals surface area contributed by atoms with Crippen LogP contribution in [0.5, 0.6) is 0 Å². The molecular formula is C10H26N2Na4O8. The average molecular weight is 394 g/mol. The Kier molecular flexibility index (Phi) is 104. The van der Waals surface area contributed by atoms with Gasteiger partial charge in [0.1, 0.15) is 0 Å². The van der Waals surface area contributed by atoms with Crippen molar-refractivity contribution in [1.29, 1.82) is 0 Å². The molecule has 0 aliphatic rings. The molecule has 0 aromatic rings. The largest absolute Gasteiger partial charge is 1.00 e. The fourth-order valence-corrected chi connectivity index (χ4v) is 0.428. The summed E-state index contributed by atoms with van der Waals surface area (Å²) in [6.07, 6.45) is -1.19. The first kappa shape index (κ1) is 56.2. The second kappa shape index (κ2) is 44.2. The van der Waals surface area contributed by atoms with Crippen LogP contribution in [0.15, 0.2) is 13.2 Å². The molecule has 0 saturated carbocycles. The maximum atomic E-state index is 9.64. The third-order valence-corrected chi connectivity index (χ3v) is 1.11. The van der Waals surface area contributed by atoms with Crippen molar-refractivity contribution in [2.45, 2.75) is 25.7 Å². The summed E-state index contributed by atoms with van der Waals surface area (Å²) in [6, 6.07) is 0. The van der Waals surface area contributed by atoms with Crippen LogP contribution < -0.4 is 131 Å². The molecule has 0 atom stereocenters. The summed E-state index contributed by atoms with van der Waals surface area (Å²) in [5.41, 5.74) is 0. The first-order valence-electron chi connectivity index (χ1n) is 4.63. The van der Waals surface area contributed by atoms with Crippen LogP contribution in [0.2, 0.25) is 0 Å². The van der Waals surface area contributed by atoms with Crippen LogP contribution in [0.1, 0.15) is 31.4 Å². The van der Waals surface area contributed by atoms with Gasteiger partial charge < -0.3 is 38.4 Å². The Labute approximate surface area is 235 Å². The van der Waals surface area contributed by atoms with Gasteiger partial charge in [0.25, 0.3) is 0 Å². The van der Waals surface area contributed by atoms with Crippen LogP contribution in [-0.2, 0) is 19.2 Å². The average Bonchev–Trinajstić information content (AvgIpc) is 2.27. The van der Waals surface area contributed by atoms with E-state index in [0.717, 1.165) is 0 Å². The molecule has 0 radical (unpaired) electrons. The van der Waals surface area contributed by atoms with Crippen LogP contribution in [0.4, 0.5) is 0 Å². The molecular weight excluding hydrogens is 368 g/mol. The molecule has 0 rings (SSSR count). The third kappa shape index (κ3) is 89.8. The number of rotatable bonds is 6. The van der Waals surface area contributed by atoms with E-state index in [1.54, 1.807) is 0 Å². The van der Waals surface area contributed by atoms with Gasteiger partial charge in [-0.1, -0.05) is 0 Å². The predicted molar refractivity (Wildman–Crippen MR) is 74.8 cm³/mol. The summed E-state index contributed by atoms with van der Waals surface area (Å²) < 4.78 is 0. The van der Waals surface area contributed by atoms with Gasteiger partial charge >= 0.3 is 142 Å². The first-order valence-corrected chi connectivity index (χ1v) is 4.63. The third-order valence-electron chi connectivity index (χ3n) is 1.11. The molecule has 0 bridgehead atoms. The Balaban J connectivity index is -0.0000000101. The molecule has 0 spiro atoms. The molecule has 128 valence electrons. The summed E-state index contributed by atoms with van der Waals surface area (Å²) in [5.74, 6) is -4.31. The maximum Gasteiger partial charge on any atom is 1.00 e. The van der Waals surface area contributed by atoms with E-state index >= 15 is 0 Å². The zero-order valence-corrected chi connectivity index (χ0v) is 23.1. The molecule has 0 aromatic heterocycles. The predicted octanol–water partition coefficient (Wildman–Crippen LogP) is -10.5. The number of hydrogen-bond donors (Lipinski definition) is 6. The van der Waals surface area contributed by atoms with E-state index in [1.807, 2.05) is 0 Å². The Bertz CT molecular complexity index is 269. The van der Waals surface area contributed by atoms with Gasteiger partial charge in [-0.15, -0.1) is 13.2 Å². The van der Waals surface area contributed by atoms with E-state index < -0.39 is 23.9 Å². The maximum absolute atomic E-state index is 9.64. The van der Waals surface area contributed by atoms with Crippen LogP contribution >= 0.6 is 0 Å². The van der Waals surface area contributed by atoms with Crippen LogP contribution in [0.3, 0.4) is 0 Å². The molecule has 0 unspecified atom stereocenters. The van der Waals surface area contributed by atoms with E-state index in [9.17, 15) is 19.2 Å². The van der Waals surface area contributed by atoms with Gasteiger partial charge in [-0.3, -0.25) is 19.2 Å². The number of hydrogen-bond acceptors (Lipinski definition) is 6. The van der Waals surface area contributed by atoms with Crippen LogP contribution in [0, 0.1) is 0 Å². The number of carboxylic acids is 4. The van der Waals surface area contributed by atoms with Crippen molar-refractivity contribution in [1.82, 2.24) is 12.3 Å². The molecule has 10 N–H and O–H groups in total. The standard InChI is InChI=1S/2C4H6O4.C2H4.2H3N.4Na.4H/c2*5-3(6)1-2-4(7)8;1-2;;;;;;;;;;/h2*1-2H2,(H,5,6)(H,7,8);1-2H2;2*1H3;;;;;;;;/q;;;;;4*+1;4*-1. The number of aliphatic carboxylic acids is 4. The molecule has 0 amide bonds. The molecule has 0 aliphatic heterocycles. The van der Waals surface area contributed by atoms with Crippen molar-refractivity contribution in [3.8, 4) is 0 Å². The zero-order valence-electron chi connectivity index (χ0n) is 19.1. The van der Waals surface area contributed by atoms with E-state index in [2.05, 4.69) is 13.2 Å². The Morgan fingerprint density at radius 1 is 0.542 bits per heavy atom.